The van der Waals surface area contributed by atoms with Gasteiger partial charge in [-0.25, -0.2) is 4.98 Å². The molecule has 0 bridgehead atoms. The van der Waals surface area contributed by atoms with Gasteiger partial charge in [-0.05, 0) is 24.4 Å². The number of ether oxygens (including phenoxy) is 1. The molecule has 1 aliphatic heterocycles. The van der Waals surface area contributed by atoms with E-state index in [0.717, 1.165) is 37.7 Å². The van der Waals surface area contributed by atoms with E-state index in [1.54, 1.807) is 6.20 Å². The Morgan fingerprint density at radius 3 is 2.67 bits per heavy atom. The molecule has 18 heavy (non-hydrogen) atoms. The molecular formula is C11H13N5OS. The summed E-state index contributed by atoms with van der Waals surface area (Å²) in [4.78, 5) is 10.8. The number of pyridine rings is 1. The van der Waals surface area contributed by atoms with Crippen molar-refractivity contribution in [3.05, 3.63) is 23.1 Å². The maximum absolute atomic E-state index is 5.32. The van der Waals surface area contributed by atoms with Crippen LogP contribution in [0, 0.1) is 4.77 Å². The van der Waals surface area contributed by atoms with Crippen LogP contribution in [0.4, 0.5) is 5.82 Å². The topological polar surface area (TPSA) is 69.8 Å². The fraction of sp³-hybridized carbons (Fsp3) is 0.364. The quantitative estimate of drug-likeness (QED) is 0.801. The molecule has 1 fully saturated rings. The molecule has 0 saturated carbocycles. The van der Waals surface area contributed by atoms with Gasteiger partial charge in [0.15, 0.2) is 5.82 Å². The molecule has 1 saturated heterocycles. The summed E-state index contributed by atoms with van der Waals surface area (Å²) in [7, 11) is 0. The molecule has 0 unspecified atom stereocenters. The van der Waals surface area contributed by atoms with E-state index in [2.05, 4.69) is 25.1 Å². The fourth-order valence-corrected chi connectivity index (χ4v) is 2.05. The summed E-state index contributed by atoms with van der Waals surface area (Å²) >= 11 is 4.92. The third kappa shape index (κ3) is 2.27. The number of nitrogens with one attached hydrogen (secondary N) is 2. The SMILES string of the molecule is S=c1nc(-c2ccc(N3CCOCC3)nc2)[nH][nH]1. The Labute approximate surface area is 109 Å². The minimum absolute atomic E-state index is 0.447. The molecule has 0 spiro atoms. The minimum Gasteiger partial charge on any atom is -0.378 e. The number of nitrogens with zero attached hydrogens (tertiary/aromatic N) is 3. The Hall–Kier alpha value is -1.73. The van der Waals surface area contributed by atoms with E-state index in [4.69, 9.17) is 17.0 Å². The highest BCUT2D eigenvalue weighted by molar-refractivity contribution is 7.71. The lowest BCUT2D eigenvalue weighted by molar-refractivity contribution is 0.122. The van der Waals surface area contributed by atoms with Crippen LogP contribution >= 0.6 is 12.2 Å². The van der Waals surface area contributed by atoms with Gasteiger partial charge in [-0.15, -0.1) is 0 Å². The molecule has 2 N–H and O–H groups in total. The summed E-state index contributed by atoms with van der Waals surface area (Å²) in [5.74, 6) is 1.68. The Balaban J connectivity index is 1.82. The summed E-state index contributed by atoms with van der Waals surface area (Å²) in [6.45, 7) is 3.29. The zero-order chi connectivity index (χ0) is 12.4. The summed E-state index contributed by atoms with van der Waals surface area (Å²) < 4.78 is 5.76. The smallest absolute Gasteiger partial charge is 0.213 e. The largest absolute Gasteiger partial charge is 0.378 e. The average Bonchev–Trinajstić information content (AvgIpc) is 2.87. The van der Waals surface area contributed by atoms with Crippen LogP contribution in [0.1, 0.15) is 0 Å². The second-order valence-corrected chi connectivity index (χ2v) is 4.41. The molecule has 2 aromatic heterocycles. The highest BCUT2D eigenvalue weighted by atomic mass is 32.1. The highest BCUT2D eigenvalue weighted by Gasteiger charge is 2.12. The summed E-state index contributed by atoms with van der Waals surface area (Å²) in [6, 6.07) is 3.98. The van der Waals surface area contributed by atoms with Crippen LogP contribution in [0.2, 0.25) is 0 Å². The number of hydrogen-bond acceptors (Lipinski definition) is 5. The summed E-state index contributed by atoms with van der Waals surface area (Å²) in [5, 5.41) is 5.68. The van der Waals surface area contributed by atoms with Gasteiger partial charge < -0.3 is 9.64 Å². The summed E-state index contributed by atoms with van der Waals surface area (Å²) in [5.41, 5.74) is 0.916. The molecular weight excluding hydrogens is 250 g/mol. The molecule has 94 valence electrons. The van der Waals surface area contributed by atoms with Gasteiger partial charge in [0.25, 0.3) is 0 Å². The van der Waals surface area contributed by atoms with Crippen molar-refractivity contribution < 1.29 is 4.74 Å². The van der Waals surface area contributed by atoms with Crippen molar-refractivity contribution in [2.75, 3.05) is 31.2 Å². The third-order valence-electron chi connectivity index (χ3n) is 2.86. The van der Waals surface area contributed by atoms with E-state index in [1.807, 2.05) is 12.1 Å². The summed E-state index contributed by atoms with van der Waals surface area (Å²) in [6.07, 6.45) is 1.80. The predicted molar refractivity (Wildman–Crippen MR) is 70.0 cm³/mol. The average molecular weight is 263 g/mol. The van der Waals surface area contributed by atoms with E-state index in [0.29, 0.717) is 10.6 Å². The number of morpholine rings is 1. The molecule has 3 rings (SSSR count). The normalized spacial score (nSPS) is 15.9. The van der Waals surface area contributed by atoms with Crippen molar-refractivity contribution in [3.8, 4) is 11.4 Å². The second kappa shape index (κ2) is 4.87. The molecule has 6 nitrogen and oxygen atoms in total. The molecule has 0 radical (unpaired) electrons. The molecule has 0 amide bonds. The standard InChI is InChI=1S/C11H13N5OS/c18-11-13-10(14-15-11)8-1-2-9(12-7-8)16-3-5-17-6-4-16/h1-2,7H,3-6H2,(H2,13,14,15,18). The van der Waals surface area contributed by atoms with E-state index in [9.17, 15) is 0 Å². The Kier molecular flexibility index (Phi) is 3.07. The number of H-pyrrole nitrogens is 2. The van der Waals surface area contributed by atoms with Crippen molar-refractivity contribution in [3.63, 3.8) is 0 Å². The van der Waals surface area contributed by atoms with Crippen molar-refractivity contribution in [2.45, 2.75) is 0 Å². The van der Waals surface area contributed by atoms with Crippen molar-refractivity contribution in [1.29, 1.82) is 0 Å². The van der Waals surface area contributed by atoms with Crippen LogP contribution < -0.4 is 4.90 Å². The first-order chi connectivity index (χ1) is 8.83. The van der Waals surface area contributed by atoms with Crippen LogP contribution in [0.15, 0.2) is 18.3 Å². The van der Waals surface area contributed by atoms with Crippen molar-refractivity contribution in [2.24, 2.45) is 0 Å². The lowest BCUT2D eigenvalue weighted by Crippen LogP contribution is -2.36. The molecule has 3 heterocycles. The molecule has 0 aromatic carbocycles. The maximum atomic E-state index is 5.32. The van der Waals surface area contributed by atoms with Gasteiger partial charge in [-0.3, -0.25) is 10.2 Å². The highest BCUT2D eigenvalue weighted by Crippen LogP contribution is 2.17. The number of aromatic nitrogens is 4. The van der Waals surface area contributed by atoms with E-state index in [-0.39, 0.29) is 0 Å². The van der Waals surface area contributed by atoms with Crippen LogP contribution in [0.25, 0.3) is 11.4 Å². The van der Waals surface area contributed by atoms with Crippen LogP contribution in [-0.2, 0) is 4.74 Å². The Bertz CT molecular complexity index is 570. The van der Waals surface area contributed by atoms with Crippen molar-refractivity contribution >= 4 is 18.0 Å². The zero-order valence-corrected chi connectivity index (χ0v) is 10.5. The van der Waals surface area contributed by atoms with Gasteiger partial charge in [-0.1, -0.05) is 0 Å². The number of hydrogen-bond donors (Lipinski definition) is 2. The Morgan fingerprint density at radius 1 is 1.22 bits per heavy atom. The van der Waals surface area contributed by atoms with Crippen molar-refractivity contribution in [1.82, 2.24) is 20.2 Å². The number of aromatic amines is 2. The third-order valence-corrected chi connectivity index (χ3v) is 3.05. The second-order valence-electron chi connectivity index (χ2n) is 4.02. The predicted octanol–water partition coefficient (Wildman–Crippen LogP) is 1.37. The maximum Gasteiger partial charge on any atom is 0.213 e. The number of rotatable bonds is 2. The van der Waals surface area contributed by atoms with Gasteiger partial charge in [0.05, 0.1) is 13.2 Å². The monoisotopic (exact) mass is 263 g/mol. The van der Waals surface area contributed by atoms with E-state index < -0.39 is 0 Å². The first kappa shape index (κ1) is 11.4. The lowest BCUT2D eigenvalue weighted by Gasteiger charge is -2.27. The zero-order valence-electron chi connectivity index (χ0n) is 9.72. The van der Waals surface area contributed by atoms with Gasteiger partial charge >= 0.3 is 0 Å². The number of anilines is 1. The van der Waals surface area contributed by atoms with Gasteiger partial charge in [0.1, 0.15) is 5.82 Å². The van der Waals surface area contributed by atoms with E-state index in [1.165, 1.54) is 0 Å². The molecule has 0 aliphatic carbocycles. The van der Waals surface area contributed by atoms with Gasteiger partial charge in [0.2, 0.25) is 4.77 Å². The molecule has 2 aromatic rings. The molecule has 7 heteroatoms. The molecule has 1 aliphatic rings. The Morgan fingerprint density at radius 2 is 2.06 bits per heavy atom. The minimum atomic E-state index is 0.447. The van der Waals surface area contributed by atoms with E-state index >= 15 is 0 Å². The lowest BCUT2D eigenvalue weighted by atomic mass is 10.2. The first-order valence-electron chi connectivity index (χ1n) is 5.77. The van der Waals surface area contributed by atoms with Crippen LogP contribution in [0.5, 0.6) is 0 Å². The molecule has 0 atom stereocenters. The van der Waals surface area contributed by atoms with Crippen LogP contribution in [-0.4, -0.2) is 46.5 Å². The first-order valence-corrected chi connectivity index (χ1v) is 6.17. The van der Waals surface area contributed by atoms with Gasteiger partial charge in [0, 0.05) is 24.8 Å². The van der Waals surface area contributed by atoms with Crippen LogP contribution in [0.3, 0.4) is 0 Å². The van der Waals surface area contributed by atoms with Gasteiger partial charge in [-0.2, -0.15) is 4.98 Å². The fourth-order valence-electron chi connectivity index (χ4n) is 1.91.